The molecule has 3 rings (SSSR count). The van der Waals surface area contributed by atoms with Crippen LogP contribution in [0.4, 0.5) is 0 Å². The van der Waals surface area contributed by atoms with Crippen LogP contribution in [0.15, 0.2) is 0 Å². The molecule has 0 aromatic rings. The lowest BCUT2D eigenvalue weighted by Crippen LogP contribution is -2.38. The molecule has 0 bridgehead atoms. The highest BCUT2D eigenvalue weighted by Gasteiger charge is 2.43. The number of rotatable bonds is 4. The Labute approximate surface area is 113 Å². The lowest BCUT2D eigenvalue weighted by molar-refractivity contribution is 0.0856. The predicted octanol–water partition coefficient (Wildman–Crippen LogP) is 4.23. The van der Waals surface area contributed by atoms with Crippen molar-refractivity contribution in [2.75, 3.05) is 6.54 Å². The maximum atomic E-state index is 3.79. The first-order chi connectivity index (χ1) is 8.54. The standard InChI is InChI=1S/C17H31N/c1-17(2,3)14-7-6-13(11-18-15-8-9-15)16(10-14)12-4-5-12/h12-16,18H,4-11H2,1-3H3. The molecule has 1 N–H and O–H groups in total. The maximum absolute atomic E-state index is 3.79. The molecule has 0 aromatic carbocycles. The Kier molecular flexibility index (Phi) is 3.47. The van der Waals surface area contributed by atoms with Crippen LogP contribution in [-0.4, -0.2) is 12.6 Å². The molecule has 3 fully saturated rings. The van der Waals surface area contributed by atoms with Crippen molar-refractivity contribution in [3.63, 3.8) is 0 Å². The number of hydrogen-bond acceptors (Lipinski definition) is 1. The number of hydrogen-bond donors (Lipinski definition) is 1. The molecule has 0 spiro atoms. The Morgan fingerprint density at radius 2 is 1.67 bits per heavy atom. The lowest BCUT2D eigenvalue weighted by atomic mass is 9.64. The predicted molar refractivity (Wildman–Crippen MR) is 77.5 cm³/mol. The molecule has 3 aliphatic carbocycles. The summed E-state index contributed by atoms with van der Waals surface area (Å²) in [7, 11) is 0. The second-order valence-electron chi connectivity index (χ2n) is 8.32. The van der Waals surface area contributed by atoms with Crippen molar-refractivity contribution in [2.24, 2.45) is 29.1 Å². The van der Waals surface area contributed by atoms with E-state index in [0.29, 0.717) is 5.41 Å². The van der Waals surface area contributed by atoms with Crippen molar-refractivity contribution < 1.29 is 0 Å². The van der Waals surface area contributed by atoms with Crippen LogP contribution in [0.1, 0.15) is 65.7 Å². The summed E-state index contributed by atoms with van der Waals surface area (Å²) >= 11 is 0. The van der Waals surface area contributed by atoms with E-state index in [9.17, 15) is 0 Å². The minimum atomic E-state index is 0.530. The van der Waals surface area contributed by atoms with Crippen LogP contribution in [0.2, 0.25) is 0 Å². The minimum absolute atomic E-state index is 0.530. The van der Waals surface area contributed by atoms with Gasteiger partial charge >= 0.3 is 0 Å². The molecule has 1 heteroatoms. The zero-order chi connectivity index (χ0) is 12.8. The van der Waals surface area contributed by atoms with Crippen LogP contribution < -0.4 is 5.32 Å². The van der Waals surface area contributed by atoms with Crippen molar-refractivity contribution in [3.8, 4) is 0 Å². The van der Waals surface area contributed by atoms with Gasteiger partial charge in [-0.15, -0.1) is 0 Å². The third-order valence-electron chi connectivity index (χ3n) is 5.75. The molecule has 3 atom stereocenters. The number of nitrogens with one attached hydrogen (secondary N) is 1. The fourth-order valence-electron chi connectivity index (χ4n) is 4.02. The summed E-state index contributed by atoms with van der Waals surface area (Å²) in [6.07, 6.45) is 10.4. The Hall–Kier alpha value is -0.0400. The van der Waals surface area contributed by atoms with Crippen LogP contribution in [0.25, 0.3) is 0 Å². The summed E-state index contributed by atoms with van der Waals surface area (Å²) in [6, 6.07) is 0.894. The van der Waals surface area contributed by atoms with Gasteiger partial charge in [0.1, 0.15) is 0 Å². The van der Waals surface area contributed by atoms with Gasteiger partial charge in [-0.1, -0.05) is 20.8 Å². The zero-order valence-corrected chi connectivity index (χ0v) is 12.5. The Morgan fingerprint density at radius 1 is 0.944 bits per heavy atom. The average Bonchev–Trinajstić information content (AvgIpc) is 3.16. The van der Waals surface area contributed by atoms with Gasteiger partial charge in [-0.3, -0.25) is 0 Å². The van der Waals surface area contributed by atoms with Gasteiger partial charge in [-0.2, -0.15) is 0 Å². The Bertz CT molecular complexity index is 282. The lowest BCUT2D eigenvalue weighted by Gasteiger charge is -2.42. The molecular weight excluding hydrogens is 218 g/mol. The van der Waals surface area contributed by atoms with Gasteiger partial charge in [0, 0.05) is 6.04 Å². The normalized spacial score (nSPS) is 37.8. The summed E-state index contributed by atoms with van der Waals surface area (Å²) < 4.78 is 0. The van der Waals surface area contributed by atoms with E-state index in [1.54, 1.807) is 0 Å². The summed E-state index contributed by atoms with van der Waals surface area (Å²) in [5.74, 6) is 4.12. The highest BCUT2D eigenvalue weighted by Crippen LogP contribution is 2.51. The first-order valence-corrected chi connectivity index (χ1v) is 8.27. The first-order valence-electron chi connectivity index (χ1n) is 8.27. The molecule has 3 unspecified atom stereocenters. The van der Waals surface area contributed by atoms with Gasteiger partial charge < -0.3 is 5.32 Å². The second kappa shape index (κ2) is 4.81. The summed E-state index contributed by atoms with van der Waals surface area (Å²) in [5, 5.41) is 3.79. The quantitative estimate of drug-likeness (QED) is 0.786. The molecule has 104 valence electrons. The van der Waals surface area contributed by atoms with Gasteiger partial charge in [0.05, 0.1) is 0 Å². The molecule has 0 aliphatic heterocycles. The molecule has 0 saturated heterocycles. The minimum Gasteiger partial charge on any atom is -0.314 e. The molecule has 0 amide bonds. The van der Waals surface area contributed by atoms with Crippen molar-refractivity contribution in [3.05, 3.63) is 0 Å². The SMILES string of the molecule is CC(C)(C)C1CCC(CNC2CC2)C(C2CC2)C1. The summed E-state index contributed by atoms with van der Waals surface area (Å²) in [4.78, 5) is 0. The van der Waals surface area contributed by atoms with Crippen LogP contribution in [0.3, 0.4) is 0 Å². The molecule has 3 aliphatic rings. The van der Waals surface area contributed by atoms with E-state index in [2.05, 4.69) is 26.1 Å². The summed E-state index contributed by atoms with van der Waals surface area (Å²) in [6.45, 7) is 8.67. The van der Waals surface area contributed by atoms with Gasteiger partial charge in [-0.25, -0.2) is 0 Å². The second-order valence-corrected chi connectivity index (χ2v) is 8.32. The van der Waals surface area contributed by atoms with E-state index >= 15 is 0 Å². The van der Waals surface area contributed by atoms with Crippen molar-refractivity contribution in [1.29, 1.82) is 0 Å². The van der Waals surface area contributed by atoms with E-state index in [4.69, 9.17) is 0 Å². The van der Waals surface area contributed by atoms with E-state index in [0.717, 1.165) is 29.7 Å². The monoisotopic (exact) mass is 249 g/mol. The molecule has 0 radical (unpaired) electrons. The van der Waals surface area contributed by atoms with Gasteiger partial charge in [0.2, 0.25) is 0 Å². The third kappa shape index (κ3) is 3.10. The third-order valence-corrected chi connectivity index (χ3v) is 5.75. The van der Waals surface area contributed by atoms with Crippen molar-refractivity contribution in [2.45, 2.75) is 71.8 Å². The molecular formula is C17H31N. The van der Waals surface area contributed by atoms with Crippen LogP contribution in [0, 0.1) is 29.1 Å². The van der Waals surface area contributed by atoms with Crippen molar-refractivity contribution in [1.82, 2.24) is 5.32 Å². The highest BCUT2D eigenvalue weighted by atomic mass is 14.9. The van der Waals surface area contributed by atoms with Gasteiger partial charge in [0.25, 0.3) is 0 Å². The first kappa shape index (κ1) is 13.0. The Morgan fingerprint density at radius 3 is 2.22 bits per heavy atom. The molecule has 18 heavy (non-hydrogen) atoms. The zero-order valence-electron chi connectivity index (χ0n) is 12.5. The molecule has 0 aromatic heterocycles. The molecule has 0 heterocycles. The summed E-state index contributed by atoms with van der Waals surface area (Å²) in [5.41, 5.74) is 0.530. The van der Waals surface area contributed by atoms with Crippen molar-refractivity contribution >= 4 is 0 Å². The van der Waals surface area contributed by atoms with E-state index in [-0.39, 0.29) is 0 Å². The Balaban J connectivity index is 1.57. The van der Waals surface area contributed by atoms with Gasteiger partial charge in [0.15, 0.2) is 0 Å². The van der Waals surface area contributed by atoms with Gasteiger partial charge in [-0.05, 0) is 80.6 Å². The largest absolute Gasteiger partial charge is 0.314 e. The smallest absolute Gasteiger partial charge is 0.00683 e. The van der Waals surface area contributed by atoms with Crippen LogP contribution in [0.5, 0.6) is 0 Å². The van der Waals surface area contributed by atoms with E-state index in [1.165, 1.54) is 51.5 Å². The van der Waals surface area contributed by atoms with Crippen LogP contribution >= 0.6 is 0 Å². The molecule has 3 saturated carbocycles. The average molecular weight is 249 g/mol. The highest BCUT2D eigenvalue weighted by molar-refractivity contribution is 4.94. The fourth-order valence-corrected chi connectivity index (χ4v) is 4.02. The molecule has 1 nitrogen and oxygen atoms in total. The maximum Gasteiger partial charge on any atom is 0.00683 e. The van der Waals surface area contributed by atoms with E-state index < -0.39 is 0 Å². The van der Waals surface area contributed by atoms with Crippen LogP contribution in [-0.2, 0) is 0 Å². The topological polar surface area (TPSA) is 12.0 Å². The van der Waals surface area contributed by atoms with E-state index in [1.807, 2.05) is 0 Å². The fraction of sp³-hybridized carbons (Fsp3) is 1.00.